The second-order valence-electron chi connectivity index (χ2n) is 5.06. The van der Waals surface area contributed by atoms with Gasteiger partial charge in [-0.05, 0) is 44.1 Å². The molecule has 19 heavy (non-hydrogen) atoms. The van der Waals surface area contributed by atoms with Gasteiger partial charge in [-0.3, -0.25) is 4.79 Å². The second-order valence-corrected chi connectivity index (χ2v) is 5.06. The van der Waals surface area contributed by atoms with Gasteiger partial charge in [0.05, 0.1) is 5.69 Å². The van der Waals surface area contributed by atoms with Crippen LogP contribution in [0.25, 0.3) is 0 Å². The fourth-order valence-electron chi connectivity index (χ4n) is 2.89. The lowest BCUT2D eigenvalue weighted by atomic mass is 9.97. The number of carbonyl (C=O) groups excluding carboxylic acids is 1. The number of hydrogen-bond acceptors (Lipinski definition) is 4. The minimum atomic E-state index is -0.0929. The van der Waals surface area contributed by atoms with Crippen LogP contribution in [0.1, 0.15) is 24.4 Å². The Balaban J connectivity index is 1.87. The zero-order valence-corrected chi connectivity index (χ0v) is 11.0. The minimum Gasteiger partial charge on any atom is -0.482 e. The van der Waals surface area contributed by atoms with Crippen LogP contribution >= 0.6 is 0 Å². The van der Waals surface area contributed by atoms with Gasteiger partial charge in [0.2, 0.25) is 0 Å². The number of likely N-dealkylation sites (N-methyl/N-ethyl adjacent to an activating group) is 1. The highest BCUT2D eigenvalue weighted by Gasteiger charge is 2.26. The molecule has 2 aliphatic rings. The van der Waals surface area contributed by atoms with E-state index >= 15 is 0 Å². The maximum Gasteiger partial charge on any atom is 0.262 e. The molecule has 0 spiro atoms. The van der Waals surface area contributed by atoms with Crippen LogP contribution in [0.3, 0.4) is 0 Å². The molecule has 1 fully saturated rings. The molecule has 0 saturated carbocycles. The van der Waals surface area contributed by atoms with E-state index in [-0.39, 0.29) is 18.6 Å². The Morgan fingerprint density at radius 1 is 1.47 bits per heavy atom. The third kappa shape index (κ3) is 2.43. The standard InChI is InChI=1S/C14H19N3O2/c1-15-14(10-3-2-6-16-10)9-4-5-12-11(7-9)17-13(18)8-19-12/h4-5,7,10,14-16H,2-3,6,8H2,1H3,(H,17,18). The fourth-order valence-corrected chi connectivity index (χ4v) is 2.89. The molecule has 102 valence electrons. The number of carbonyl (C=O) groups is 1. The number of amides is 1. The summed E-state index contributed by atoms with van der Waals surface area (Å²) in [4.78, 5) is 11.4. The molecule has 2 atom stereocenters. The monoisotopic (exact) mass is 261 g/mol. The van der Waals surface area contributed by atoms with Crippen molar-refractivity contribution in [3.63, 3.8) is 0 Å². The highest BCUT2D eigenvalue weighted by Crippen LogP contribution is 2.32. The second kappa shape index (κ2) is 5.19. The lowest BCUT2D eigenvalue weighted by Gasteiger charge is -2.26. The molecule has 5 heteroatoms. The van der Waals surface area contributed by atoms with E-state index in [1.54, 1.807) is 0 Å². The molecule has 0 radical (unpaired) electrons. The number of ether oxygens (including phenoxy) is 1. The van der Waals surface area contributed by atoms with Crippen LogP contribution in [-0.4, -0.2) is 32.1 Å². The Bertz CT molecular complexity index is 484. The van der Waals surface area contributed by atoms with E-state index < -0.39 is 0 Å². The SMILES string of the molecule is CNC(c1ccc2c(c1)NC(=O)CO2)C1CCCN1. The quantitative estimate of drug-likeness (QED) is 0.760. The molecule has 0 aromatic heterocycles. The molecule has 3 rings (SSSR count). The number of nitrogens with one attached hydrogen (secondary N) is 3. The predicted molar refractivity (Wildman–Crippen MR) is 73.4 cm³/mol. The first-order valence-corrected chi connectivity index (χ1v) is 6.75. The van der Waals surface area contributed by atoms with E-state index in [9.17, 15) is 4.79 Å². The lowest BCUT2D eigenvalue weighted by molar-refractivity contribution is -0.118. The molecule has 2 heterocycles. The van der Waals surface area contributed by atoms with Gasteiger partial charge in [-0.25, -0.2) is 0 Å². The molecule has 5 nitrogen and oxygen atoms in total. The summed E-state index contributed by atoms with van der Waals surface area (Å²) in [6.07, 6.45) is 2.39. The van der Waals surface area contributed by atoms with Crippen LogP contribution in [-0.2, 0) is 4.79 Å². The van der Waals surface area contributed by atoms with E-state index in [0.717, 1.165) is 18.0 Å². The largest absolute Gasteiger partial charge is 0.482 e. The van der Waals surface area contributed by atoms with Crippen LogP contribution in [0, 0.1) is 0 Å². The molecule has 0 aliphatic carbocycles. The van der Waals surface area contributed by atoms with Crippen molar-refractivity contribution in [2.24, 2.45) is 0 Å². The average molecular weight is 261 g/mol. The van der Waals surface area contributed by atoms with E-state index in [4.69, 9.17) is 4.74 Å². The molecule has 1 saturated heterocycles. The average Bonchev–Trinajstić information content (AvgIpc) is 2.93. The molecule has 2 unspecified atom stereocenters. The number of rotatable bonds is 3. The van der Waals surface area contributed by atoms with Crippen LogP contribution in [0.5, 0.6) is 5.75 Å². The van der Waals surface area contributed by atoms with Crippen molar-refractivity contribution < 1.29 is 9.53 Å². The molecular formula is C14H19N3O2. The highest BCUT2D eigenvalue weighted by atomic mass is 16.5. The Morgan fingerprint density at radius 3 is 3.11 bits per heavy atom. The normalized spacial score (nSPS) is 23.4. The Hall–Kier alpha value is -1.59. The zero-order valence-electron chi connectivity index (χ0n) is 11.0. The van der Waals surface area contributed by atoms with E-state index in [2.05, 4.69) is 22.0 Å². The van der Waals surface area contributed by atoms with Crippen LogP contribution < -0.4 is 20.7 Å². The van der Waals surface area contributed by atoms with Crippen LogP contribution in [0.15, 0.2) is 18.2 Å². The zero-order chi connectivity index (χ0) is 13.2. The van der Waals surface area contributed by atoms with Gasteiger partial charge in [-0.2, -0.15) is 0 Å². The number of fused-ring (bicyclic) bond motifs is 1. The molecule has 0 bridgehead atoms. The van der Waals surface area contributed by atoms with Crippen molar-refractivity contribution in [2.45, 2.75) is 24.9 Å². The van der Waals surface area contributed by atoms with Crippen molar-refractivity contribution in [2.75, 3.05) is 25.5 Å². The van der Waals surface area contributed by atoms with Gasteiger partial charge in [-0.1, -0.05) is 6.07 Å². The smallest absolute Gasteiger partial charge is 0.262 e. The van der Waals surface area contributed by atoms with E-state index in [1.165, 1.54) is 18.4 Å². The summed E-state index contributed by atoms with van der Waals surface area (Å²) in [6.45, 7) is 1.18. The third-order valence-electron chi connectivity index (χ3n) is 3.81. The molecule has 2 aliphatic heterocycles. The van der Waals surface area contributed by atoms with Gasteiger partial charge in [0.25, 0.3) is 5.91 Å². The number of hydrogen-bond donors (Lipinski definition) is 3. The first kappa shape index (κ1) is 12.4. The Morgan fingerprint density at radius 2 is 2.37 bits per heavy atom. The van der Waals surface area contributed by atoms with Crippen molar-refractivity contribution in [3.8, 4) is 5.75 Å². The summed E-state index contributed by atoms with van der Waals surface area (Å²) in [5, 5.41) is 9.73. The fraction of sp³-hybridized carbons (Fsp3) is 0.500. The van der Waals surface area contributed by atoms with Gasteiger partial charge in [-0.15, -0.1) is 0 Å². The number of benzene rings is 1. The maximum atomic E-state index is 11.4. The van der Waals surface area contributed by atoms with Gasteiger partial charge in [0, 0.05) is 12.1 Å². The van der Waals surface area contributed by atoms with E-state index in [0.29, 0.717) is 6.04 Å². The van der Waals surface area contributed by atoms with Crippen molar-refractivity contribution in [1.82, 2.24) is 10.6 Å². The molecule has 3 N–H and O–H groups in total. The maximum absolute atomic E-state index is 11.4. The minimum absolute atomic E-state index is 0.0929. The van der Waals surface area contributed by atoms with E-state index in [1.807, 2.05) is 19.2 Å². The summed E-state index contributed by atoms with van der Waals surface area (Å²) in [5.74, 6) is 0.655. The van der Waals surface area contributed by atoms with Crippen LogP contribution in [0.4, 0.5) is 5.69 Å². The lowest BCUT2D eigenvalue weighted by Crippen LogP contribution is -2.36. The summed E-state index contributed by atoms with van der Waals surface area (Å²) in [6, 6.07) is 6.71. The molecule has 1 amide bonds. The van der Waals surface area contributed by atoms with Gasteiger partial charge < -0.3 is 20.7 Å². The predicted octanol–water partition coefficient (Wildman–Crippen LogP) is 1.03. The first-order chi connectivity index (χ1) is 9.28. The summed E-state index contributed by atoms with van der Waals surface area (Å²) >= 11 is 0. The Labute approximate surface area is 112 Å². The summed E-state index contributed by atoms with van der Waals surface area (Å²) < 4.78 is 5.38. The molecular weight excluding hydrogens is 242 g/mol. The van der Waals surface area contributed by atoms with Crippen LogP contribution in [0.2, 0.25) is 0 Å². The molecule has 1 aromatic rings. The van der Waals surface area contributed by atoms with Crippen molar-refractivity contribution in [1.29, 1.82) is 0 Å². The number of anilines is 1. The third-order valence-corrected chi connectivity index (χ3v) is 3.81. The highest BCUT2D eigenvalue weighted by molar-refractivity contribution is 5.95. The molecule has 1 aromatic carbocycles. The van der Waals surface area contributed by atoms with Gasteiger partial charge in [0.1, 0.15) is 5.75 Å². The van der Waals surface area contributed by atoms with Gasteiger partial charge in [0.15, 0.2) is 6.61 Å². The van der Waals surface area contributed by atoms with Gasteiger partial charge >= 0.3 is 0 Å². The van der Waals surface area contributed by atoms with Crippen molar-refractivity contribution >= 4 is 11.6 Å². The Kier molecular flexibility index (Phi) is 3.40. The summed E-state index contributed by atoms with van der Waals surface area (Å²) in [5.41, 5.74) is 1.94. The topological polar surface area (TPSA) is 62.4 Å². The first-order valence-electron chi connectivity index (χ1n) is 6.75. The van der Waals surface area contributed by atoms with Crippen molar-refractivity contribution in [3.05, 3.63) is 23.8 Å². The summed E-state index contributed by atoms with van der Waals surface area (Å²) in [7, 11) is 1.97.